The fourth-order valence-corrected chi connectivity index (χ4v) is 7.59. The minimum absolute atomic E-state index is 0.163. The molecule has 0 radical (unpaired) electrons. The van der Waals surface area contributed by atoms with E-state index in [0.717, 1.165) is 67.2 Å². The first-order valence-corrected chi connectivity index (χ1v) is 18.9. The molecule has 9 aromatic rings. The van der Waals surface area contributed by atoms with E-state index >= 15 is 0 Å². The monoisotopic (exact) mass is 710 g/mol. The lowest BCUT2D eigenvalue weighted by Gasteiger charge is -2.35. The van der Waals surface area contributed by atoms with Gasteiger partial charge in [0.2, 0.25) is 0 Å². The molecule has 0 aliphatic carbocycles. The highest BCUT2D eigenvalue weighted by Gasteiger charge is 2.28. The summed E-state index contributed by atoms with van der Waals surface area (Å²) >= 11 is 0. The van der Waals surface area contributed by atoms with Gasteiger partial charge in [-0.15, -0.1) is 0 Å². The number of benzene rings is 8. The summed E-state index contributed by atoms with van der Waals surface area (Å²) in [6.45, 7) is 6.90. The van der Waals surface area contributed by atoms with Crippen LogP contribution in [0.4, 0.5) is 34.1 Å². The zero-order valence-corrected chi connectivity index (χ0v) is 31.4. The first kappa shape index (κ1) is 34.0. The molecule has 9 rings (SSSR count). The number of para-hydroxylation sites is 3. The Labute approximate surface area is 323 Å². The molecule has 3 heteroatoms. The van der Waals surface area contributed by atoms with Crippen molar-refractivity contribution < 1.29 is 4.42 Å². The van der Waals surface area contributed by atoms with Gasteiger partial charge in [-0.3, -0.25) is 0 Å². The first-order valence-electron chi connectivity index (χ1n) is 18.9. The predicted molar refractivity (Wildman–Crippen MR) is 233 cm³/mol. The Morgan fingerprint density at radius 1 is 0.364 bits per heavy atom. The van der Waals surface area contributed by atoms with Crippen molar-refractivity contribution in [2.45, 2.75) is 26.2 Å². The Morgan fingerprint density at radius 2 is 0.800 bits per heavy atom. The van der Waals surface area contributed by atoms with Gasteiger partial charge in [-0.2, -0.15) is 0 Å². The summed E-state index contributed by atoms with van der Waals surface area (Å²) in [6.07, 6.45) is 0. The van der Waals surface area contributed by atoms with E-state index < -0.39 is 0 Å². The van der Waals surface area contributed by atoms with Gasteiger partial charge in [0.25, 0.3) is 0 Å². The van der Waals surface area contributed by atoms with Crippen molar-refractivity contribution in [2.75, 3.05) is 9.80 Å². The van der Waals surface area contributed by atoms with Gasteiger partial charge in [0.15, 0.2) is 0 Å². The van der Waals surface area contributed by atoms with Crippen LogP contribution in [0.15, 0.2) is 205 Å². The number of anilines is 6. The molecule has 0 spiro atoms. The summed E-state index contributed by atoms with van der Waals surface area (Å²) in [5.41, 5.74) is 13.9. The largest absolute Gasteiger partial charge is 0.456 e. The second-order valence-corrected chi connectivity index (χ2v) is 15.0. The molecule has 0 fully saturated rings. The highest BCUT2D eigenvalue weighted by atomic mass is 16.3. The molecule has 0 saturated heterocycles. The molecule has 0 amide bonds. The van der Waals surface area contributed by atoms with Crippen LogP contribution < -0.4 is 9.80 Å². The standard InChI is InChI=1S/C52H42N2O/c1-52(2,3)40-34-47(53(41-22-12-6-13-23-41)43-30-28-38(29-31-43)37-18-8-4-9-19-37)51(39-20-10-5-11-21-39)48(35-40)54(42-24-14-7-15-25-42)44-32-33-46-45-26-16-17-27-49(45)55-50(46)36-44/h4-36H,1-3H3. The average Bonchev–Trinajstić information content (AvgIpc) is 3.60. The van der Waals surface area contributed by atoms with Gasteiger partial charge in [0.1, 0.15) is 11.2 Å². The molecule has 0 aliphatic rings. The third kappa shape index (κ3) is 6.55. The molecule has 0 unspecified atom stereocenters. The van der Waals surface area contributed by atoms with E-state index in [1.165, 1.54) is 16.7 Å². The predicted octanol–water partition coefficient (Wildman–Crippen LogP) is 15.2. The topological polar surface area (TPSA) is 19.6 Å². The van der Waals surface area contributed by atoms with Gasteiger partial charge >= 0.3 is 0 Å². The average molecular weight is 711 g/mol. The second kappa shape index (κ2) is 14.2. The lowest BCUT2D eigenvalue weighted by atomic mass is 9.84. The van der Waals surface area contributed by atoms with Crippen LogP contribution in [-0.4, -0.2) is 0 Å². The van der Waals surface area contributed by atoms with Gasteiger partial charge in [0.05, 0.1) is 11.4 Å². The van der Waals surface area contributed by atoms with Crippen molar-refractivity contribution in [2.24, 2.45) is 0 Å². The highest BCUT2D eigenvalue weighted by molar-refractivity contribution is 6.07. The van der Waals surface area contributed by atoms with Crippen molar-refractivity contribution in [3.05, 3.63) is 206 Å². The minimum atomic E-state index is -0.163. The van der Waals surface area contributed by atoms with E-state index in [0.29, 0.717) is 0 Å². The maximum absolute atomic E-state index is 6.49. The van der Waals surface area contributed by atoms with Crippen LogP contribution in [0.1, 0.15) is 26.3 Å². The number of fused-ring (bicyclic) bond motifs is 3. The van der Waals surface area contributed by atoms with E-state index in [4.69, 9.17) is 4.42 Å². The molecule has 0 atom stereocenters. The molecule has 0 saturated carbocycles. The molecule has 1 aromatic heterocycles. The maximum atomic E-state index is 6.49. The number of nitrogens with zero attached hydrogens (tertiary/aromatic N) is 2. The van der Waals surface area contributed by atoms with Gasteiger partial charge in [-0.1, -0.05) is 148 Å². The smallest absolute Gasteiger partial charge is 0.137 e. The van der Waals surface area contributed by atoms with Crippen molar-refractivity contribution in [3.63, 3.8) is 0 Å². The number of furan rings is 1. The summed E-state index contributed by atoms with van der Waals surface area (Å²) < 4.78 is 6.49. The van der Waals surface area contributed by atoms with E-state index in [-0.39, 0.29) is 5.41 Å². The molecule has 3 nitrogen and oxygen atoms in total. The fourth-order valence-electron chi connectivity index (χ4n) is 7.59. The Hall–Kier alpha value is -6.84. The number of rotatable bonds is 8. The fraction of sp³-hybridized carbons (Fsp3) is 0.0769. The minimum Gasteiger partial charge on any atom is -0.456 e. The first-order chi connectivity index (χ1) is 26.9. The van der Waals surface area contributed by atoms with Crippen LogP contribution in [0, 0.1) is 0 Å². The third-order valence-electron chi connectivity index (χ3n) is 10.4. The quantitative estimate of drug-likeness (QED) is 0.157. The summed E-state index contributed by atoms with van der Waals surface area (Å²) in [4.78, 5) is 4.82. The third-order valence-corrected chi connectivity index (χ3v) is 10.4. The Balaban J connectivity index is 1.35. The van der Waals surface area contributed by atoms with Gasteiger partial charge in [0, 0.05) is 45.2 Å². The highest BCUT2D eigenvalue weighted by Crippen LogP contribution is 2.51. The van der Waals surface area contributed by atoms with Crippen LogP contribution in [0.2, 0.25) is 0 Å². The zero-order chi connectivity index (χ0) is 37.4. The Morgan fingerprint density at radius 3 is 1.38 bits per heavy atom. The second-order valence-electron chi connectivity index (χ2n) is 15.0. The molecule has 0 bridgehead atoms. The van der Waals surface area contributed by atoms with Crippen molar-refractivity contribution >= 4 is 56.1 Å². The lowest BCUT2D eigenvalue weighted by Crippen LogP contribution is -2.19. The van der Waals surface area contributed by atoms with E-state index in [1.54, 1.807) is 0 Å². The number of hydrogen-bond donors (Lipinski definition) is 0. The molecule has 266 valence electrons. The van der Waals surface area contributed by atoms with Gasteiger partial charge in [-0.05, 0) is 94.4 Å². The van der Waals surface area contributed by atoms with Gasteiger partial charge in [-0.25, -0.2) is 0 Å². The zero-order valence-electron chi connectivity index (χ0n) is 31.4. The molecular weight excluding hydrogens is 669 g/mol. The van der Waals surface area contributed by atoms with E-state index in [1.807, 2.05) is 12.1 Å². The van der Waals surface area contributed by atoms with Gasteiger partial charge < -0.3 is 14.2 Å². The summed E-state index contributed by atoms with van der Waals surface area (Å²) in [5, 5.41) is 2.23. The summed E-state index contributed by atoms with van der Waals surface area (Å²) in [5.74, 6) is 0. The SMILES string of the molecule is CC(C)(C)c1cc(N(c2ccccc2)c2ccc(-c3ccccc3)cc2)c(-c2ccccc2)c(N(c2ccccc2)c2ccc3c(c2)oc2ccccc23)c1. The number of hydrogen-bond acceptors (Lipinski definition) is 3. The molecule has 8 aromatic carbocycles. The summed E-state index contributed by atoms with van der Waals surface area (Å²) in [6, 6.07) is 71.5. The molecule has 0 aliphatic heterocycles. The molecular formula is C52H42N2O. The van der Waals surface area contributed by atoms with E-state index in [9.17, 15) is 0 Å². The van der Waals surface area contributed by atoms with Crippen molar-refractivity contribution in [1.82, 2.24) is 0 Å². The van der Waals surface area contributed by atoms with Crippen LogP contribution in [0.25, 0.3) is 44.2 Å². The van der Waals surface area contributed by atoms with Crippen LogP contribution in [0.5, 0.6) is 0 Å². The van der Waals surface area contributed by atoms with Crippen LogP contribution in [0.3, 0.4) is 0 Å². The Bertz CT molecular complexity index is 2710. The van der Waals surface area contributed by atoms with E-state index in [2.05, 4.69) is 219 Å². The molecule has 55 heavy (non-hydrogen) atoms. The normalized spacial score (nSPS) is 11.5. The van der Waals surface area contributed by atoms with Crippen molar-refractivity contribution in [3.8, 4) is 22.3 Å². The van der Waals surface area contributed by atoms with Crippen molar-refractivity contribution in [1.29, 1.82) is 0 Å². The summed E-state index contributed by atoms with van der Waals surface area (Å²) in [7, 11) is 0. The molecule has 0 N–H and O–H groups in total. The molecule has 1 heterocycles. The Kier molecular flexibility index (Phi) is 8.76. The van der Waals surface area contributed by atoms with Crippen LogP contribution >= 0.6 is 0 Å². The van der Waals surface area contributed by atoms with Crippen LogP contribution in [-0.2, 0) is 5.41 Å². The lowest BCUT2D eigenvalue weighted by molar-refractivity contribution is 0.590. The maximum Gasteiger partial charge on any atom is 0.137 e.